The van der Waals surface area contributed by atoms with Crippen LogP contribution in [0.2, 0.25) is 0 Å². The van der Waals surface area contributed by atoms with Crippen LogP contribution in [0.4, 0.5) is 0 Å². The Morgan fingerprint density at radius 2 is 2.11 bits per heavy atom. The molecule has 0 saturated heterocycles. The first-order valence-electron chi connectivity index (χ1n) is 6.93. The predicted octanol–water partition coefficient (Wildman–Crippen LogP) is 1.70. The van der Waals surface area contributed by atoms with Crippen molar-refractivity contribution in [3.05, 3.63) is 17.5 Å². The van der Waals surface area contributed by atoms with Crippen molar-refractivity contribution in [1.82, 2.24) is 15.1 Å². The minimum atomic E-state index is 0.450. The van der Waals surface area contributed by atoms with Gasteiger partial charge in [0, 0.05) is 25.3 Å². The Balaban J connectivity index is 2.37. The Morgan fingerprint density at radius 3 is 2.63 bits per heavy atom. The fraction of sp³-hybridized carbons (Fsp3) is 0.714. The number of guanidine groups is 1. The van der Waals surface area contributed by atoms with Crippen LogP contribution in [0.5, 0.6) is 0 Å². The summed E-state index contributed by atoms with van der Waals surface area (Å²) >= 11 is 0. The lowest BCUT2D eigenvalue weighted by Crippen LogP contribution is -2.36. The summed E-state index contributed by atoms with van der Waals surface area (Å²) in [6.45, 7) is 13.0. The van der Waals surface area contributed by atoms with Crippen LogP contribution in [0, 0.1) is 25.7 Å². The predicted molar refractivity (Wildman–Crippen MR) is 80.2 cm³/mol. The van der Waals surface area contributed by atoms with E-state index in [-0.39, 0.29) is 0 Å². The van der Waals surface area contributed by atoms with Crippen molar-refractivity contribution in [2.24, 2.45) is 22.6 Å². The summed E-state index contributed by atoms with van der Waals surface area (Å²) < 4.78 is 2.04. The third-order valence-corrected chi connectivity index (χ3v) is 2.85. The van der Waals surface area contributed by atoms with Gasteiger partial charge in [-0.25, -0.2) is 0 Å². The summed E-state index contributed by atoms with van der Waals surface area (Å²) in [7, 11) is 0. The van der Waals surface area contributed by atoms with E-state index in [1.54, 1.807) is 0 Å². The fourth-order valence-corrected chi connectivity index (χ4v) is 1.84. The van der Waals surface area contributed by atoms with Crippen LogP contribution in [0.15, 0.2) is 11.1 Å². The number of aromatic nitrogens is 2. The molecule has 0 fully saturated rings. The molecule has 1 rings (SSSR count). The van der Waals surface area contributed by atoms with Crippen molar-refractivity contribution in [2.75, 3.05) is 13.1 Å². The van der Waals surface area contributed by atoms with E-state index in [9.17, 15) is 0 Å². The highest BCUT2D eigenvalue weighted by molar-refractivity contribution is 5.77. The van der Waals surface area contributed by atoms with Crippen LogP contribution in [0.1, 0.15) is 32.2 Å². The normalized spacial score (nSPS) is 13.9. The van der Waals surface area contributed by atoms with Crippen molar-refractivity contribution in [3.8, 4) is 0 Å². The molecule has 0 bridgehead atoms. The summed E-state index contributed by atoms with van der Waals surface area (Å²) in [4.78, 5) is 4.29. The first kappa shape index (κ1) is 15.5. The summed E-state index contributed by atoms with van der Waals surface area (Å²) in [5.41, 5.74) is 8.08. The smallest absolute Gasteiger partial charge is 0.188 e. The number of nitrogens with one attached hydrogen (secondary N) is 1. The molecule has 0 aliphatic heterocycles. The number of aliphatic imine (C=N–C) groups is 1. The van der Waals surface area contributed by atoms with Crippen LogP contribution in [-0.2, 0) is 6.54 Å². The van der Waals surface area contributed by atoms with Gasteiger partial charge in [0.25, 0.3) is 0 Å². The molecule has 0 saturated carbocycles. The van der Waals surface area contributed by atoms with Crippen molar-refractivity contribution in [1.29, 1.82) is 0 Å². The monoisotopic (exact) mass is 265 g/mol. The largest absolute Gasteiger partial charge is 0.370 e. The minimum absolute atomic E-state index is 0.450. The lowest BCUT2D eigenvalue weighted by molar-refractivity contribution is 0.437. The number of nitrogens with two attached hydrogens (primary N) is 1. The Kier molecular flexibility index (Phi) is 5.86. The van der Waals surface area contributed by atoms with Gasteiger partial charge in [0.2, 0.25) is 0 Å². The van der Waals surface area contributed by atoms with E-state index in [2.05, 4.69) is 49.2 Å². The zero-order valence-corrected chi connectivity index (χ0v) is 12.8. The van der Waals surface area contributed by atoms with Gasteiger partial charge in [-0.05, 0) is 31.7 Å². The topological polar surface area (TPSA) is 68.2 Å². The Hall–Kier alpha value is -1.52. The van der Waals surface area contributed by atoms with E-state index in [1.807, 2.05) is 11.6 Å². The lowest BCUT2D eigenvalue weighted by atomic mass is 10.2. The van der Waals surface area contributed by atoms with Gasteiger partial charge < -0.3 is 11.1 Å². The number of rotatable bonds is 6. The summed E-state index contributed by atoms with van der Waals surface area (Å²) in [5.74, 6) is 1.52. The maximum Gasteiger partial charge on any atom is 0.188 e. The molecular weight excluding hydrogens is 238 g/mol. The van der Waals surface area contributed by atoms with Crippen molar-refractivity contribution in [3.63, 3.8) is 0 Å². The molecular formula is C14H27N5. The van der Waals surface area contributed by atoms with E-state index in [1.165, 1.54) is 5.69 Å². The van der Waals surface area contributed by atoms with E-state index in [0.29, 0.717) is 17.8 Å². The summed E-state index contributed by atoms with van der Waals surface area (Å²) in [6.07, 6.45) is 0. The summed E-state index contributed by atoms with van der Waals surface area (Å²) in [6, 6.07) is 2.10. The van der Waals surface area contributed by atoms with Crippen molar-refractivity contribution >= 4 is 5.96 Å². The van der Waals surface area contributed by atoms with Crippen LogP contribution in [0.3, 0.4) is 0 Å². The second-order valence-electron chi connectivity index (χ2n) is 5.72. The molecule has 1 unspecified atom stereocenters. The minimum Gasteiger partial charge on any atom is -0.370 e. The highest BCUT2D eigenvalue weighted by atomic mass is 15.3. The Morgan fingerprint density at radius 1 is 1.42 bits per heavy atom. The molecule has 3 N–H and O–H groups in total. The molecule has 0 amide bonds. The number of nitrogens with zero attached hydrogens (tertiary/aromatic N) is 3. The fourth-order valence-electron chi connectivity index (χ4n) is 1.84. The molecule has 19 heavy (non-hydrogen) atoms. The van der Waals surface area contributed by atoms with Crippen molar-refractivity contribution < 1.29 is 0 Å². The highest BCUT2D eigenvalue weighted by Crippen LogP contribution is 2.05. The number of hydrogen-bond acceptors (Lipinski definition) is 2. The zero-order valence-electron chi connectivity index (χ0n) is 12.8. The van der Waals surface area contributed by atoms with Gasteiger partial charge in [-0.1, -0.05) is 20.8 Å². The first-order chi connectivity index (χ1) is 8.88. The molecule has 1 aromatic heterocycles. The van der Waals surface area contributed by atoms with Gasteiger partial charge in [0.1, 0.15) is 0 Å². The molecule has 108 valence electrons. The first-order valence-corrected chi connectivity index (χ1v) is 6.93. The molecule has 0 spiro atoms. The quantitative estimate of drug-likeness (QED) is 0.607. The lowest BCUT2D eigenvalue weighted by Gasteiger charge is -2.14. The molecule has 0 aliphatic rings. The molecule has 5 nitrogen and oxygen atoms in total. The number of hydrogen-bond donors (Lipinski definition) is 2. The van der Waals surface area contributed by atoms with Gasteiger partial charge in [-0.15, -0.1) is 0 Å². The average molecular weight is 265 g/mol. The maximum atomic E-state index is 5.81. The number of aryl methyl sites for hydroxylation is 2. The van der Waals surface area contributed by atoms with Crippen LogP contribution < -0.4 is 11.1 Å². The molecule has 0 aromatic carbocycles. The second kappa shape index (κ2) is 7.16. The molecule has 0 radical (unpaired) electrons. The standard InChI is InChI=1S/C14H27N5/c1-10(2)7-16-14(15)17-8-11(3)9-19-13(5)6-12(4)18-19/h6,10-11H,7-9H2,1-5H3,(H3,15,16,17). The average Bonchev–Trinajstić information content (AvgIpc) is 2.62. The van der Waals surface area contributed by atoms with E-state index in [0.717, 1.165) is 25.3 Å². The van der Waals surface area contributed by atoms with E-state index in [4.69, 9.17) is 5.73 Å². The maximum absolute atomic E-state index is 5.81. The SMILES string of the molecule is Cc1cc(C)n(CC(C)CNC(N)=NCC(C)C)n1. The van der Waals surface area contributed by atoms with Gasteiger partial charge >= 0.3 is 0 Å². The van der Waals surface area contributed by atoms with Crippen molar-refractivity contribution in [2.45, 2.75) is 41.2 Å². The van der Waals surface area contributed by atoms with Crippen LogP contribution >= 0.6 is 0 Å². The van der Waals surface area contributed by atoms with Crippen LogP contribution in [-0.4, -0.2) is 28.8 Å². The van der Waals surface area contributed by atoms with Gasteiger partial charge in [0.15, 0.2) is 5.96 Å². The molecule has 0 aliphatic carbocycles. The summed E-state index contributed by atoms with van der Waals surface area (Å²) in [5, 5.41) is 7.64. The Labute approximate surface area is 116 Å². The zero-order chi connectivity index (χ0) is 14.4. The van der Waals surface area contributed by atoms with E-state index >= 15 is 0 Å². The van der Waals surface area contributed by atoms with Gasteiger partial charge in [-0.3, -0.25) is 9.67 Å². The molecule has 5 heteroatoms. The molecule has 1 atom stereocenters. The molecule has 1 aromatic rings. The second-order valence-corrected chi connectivity index (χ2v) is 5.72. The third kappa shape index (κ3) is 5.77. The Bertz CT molecular complexity index is 419. The van der Waals surface area contributed by atoms with Crippen LogP contribution in [0.25, 0.3) is 0 Å². The molecule has 1 heterocycles. The van der Waals surface area contributed by atoms with E-state index < -0.39 is 0 Å². The highest BCUT2D eigenvalue weighted by Gasteiger charge is 2.07. The third-order valence-electron chi connectivity index (χ3n) is 2.85. The van der Waals surface area contributed by atoms with Gasteiger partial charge in [-0.2, -0.15) is 5.10 Å². The van der Waals surface area contributed by atoms with Gasteiger partial charge in [0.05, 0.1) is 5.69 Å².